The minimum Gasteiger partial charge on any atom is -0.353 e. The van der Waals surface area contributed by atoms with Crippen molar-refractivity contribution in [1.82, 2.24) is 0 Å². The zero-order chi connectivity index (χ0) is 12.0. The number of fused-ring (bicyclic) bond motifs is 1. The summed E-state index contributed by atoms with van der Waals surface area (Å²) in [5.74, 6) is 1.57. The highest BCUT2D eigenvalue weighted by atomic mass is 14.8. The lowest BCUT2D eigenvalue weighted by molar-refractivity contribution is -0.502. The third kappa shape index (κ3) is 1.95. The molecule has 3 N–H and O–H groups in total. The van der Waals surface area contributed by atoms with E-state index in [1.165, 1.54) is 44.1 Å². The summed E-state index contributed by atoms with van der Waals surface area (Å²) in [6.07, 6.45) is 8.21. The van der Waals surface area contributed by atoms with E-state index < -0.39 is 0 Å². The van der Waals surface area contributed by atoms with Crippen molar-refractivity contribution in [3.05, 3.63) is 12.2 Å². The molecular weight excluding hydrogens is 194 g/mol. The number of hydrogen-bond acceptors (Lipinski definition) is 0. The predicted molar refractivity (Wildman–Crippen MR) is 68.9 cm³/mol. The van der Waals surface area contributed by atoms with Crippen molar-refractivity contribution >= 4 is 0 Å². The molecule has 92 valence electrons. The van der Waals surface area contributed by atoms with Crippen molar-refractivity contribution in [2.24, 2.45) is 17.3 Å². The Bertz CT molecular complexity index is 292. The Hall–Kier alpha value is -0.300. The lowest BCUT2D eigenvalue weighted by atomic mass is 9.52. The van der Waals surface area contributed by atoms with Crippen LogP contribution in [0.2, 0.25) is 0 Å². The molecule has 0 bridgehead atoms. The maximum Gasteiger partial charge on any atom is 0.0951 e. The monoisotopic (exact) mass is 222 g/mol. The fraction of sp³-hybridized carbons (Fsp3) is 0.867. The Labute approximate surface area is 100 Å². The van der Waals surface area contributed by atoms with Crippen LogP contribution in [0.1, 0.15) is 59.3 Å². The molecular formula is C15H28N+. The molecule has 4 atom stereocenters. The second-order valence-corrected chi connectivity index (χ2v) is 7.03. The lowest BCUT2D eigenvalue weighted by Gasteiger charge is -2.53. The molecule has 0 heterocycles. The van der Waals surface area contributed by atoms with Gasteiger partial charge in [0.05, 0.1) is 5.54 Å². The molecule has 2 saturated carbocycles. The number of allylic oxidation sites excluding steroid dienone is 1. The summed E-state index contributed by atoms with van der Waals surface area (Å²) in [5.41, 5.74) is 6.79. The van der Waals surface area contributed by atoms with Crippen molar-refractivity contribution in [2.45, 2.75) is 64.8 Å². The van der Waals surface area contributed by atoms with Crippen LogP contribution < -0.4 is 5.73 Å². The largest absolute Gasteiger partial charge is 0.353 e. The van der Waals surface area contributed by atoms with Crippen molar-refractivity contribution < 1.29 is 5.73 Å². The predicted octanol–water partition coefficient (Wildman–Crippen LogP) is 3.17. The van der Waals surface area contributed by atoms with Gasteiger partial charge in [0.1, 0.15) is 0 Å². The summed E-state index contributed by atoms with van der Waals surface area (Å²) in [5, 5.41) is 0. The van der Waals surface area contributed by atoms with Crippen LogP contribution in [0.3, 0.4) is 0 Å². The molecule has 0 spiro atoms. The fourth-order valence-corrected chi connectivity index (χ4v) is 4.31. The van der Waals surface area contributed by atoms with E-state index in [-0.39, 0.29) is 0 Å². The molecule has 16 heavy (non-hydrogen) atoms. The van der Waals surface area contributed by atoms with Gasteiger partial charge in [0.2, 0.25) is 0 Å². The topological polar surface area (TPSA) is 27.6 Å². The van der Waals surface area contributed by atoms with Gasteiger partial charge in [-0.3, -0.25) is 0 Å². The summed E-state index contributed by atoms with van der Waals surface area (Å²) in [7, 11) is 0. The van der Waals surface area contributed by atoms with Gasteiger partial charge >= 0.3 is 0 Å². The minimum absolute atomic E-state index is 0.307. The van der Waals surface area contributed by atoms with Crippen molar-refractivity contribution in [3.63, 3.8) is 0 Å². The first-order valence-electron chi connectivity index (χ1n) is 6.86. The van der Waals surface area contributed by atoms with Crippen molar-refractivity contribution in [3.8, 4) is 0 Å². The summed E-state index contributed by atoms with van der Waals surface area (Å²) >= 11 is 0. The SMILES string of the molecule is C=C(C)[C@H]1CC[C@@]2(C)CCC[C@@](C)([NH3+])[C@@H]2C1. The molecule has 0 aromatic carbocycles. The van der Waals surface area contributed by atoms with Gasteiger partial charge in [-0.25, -0.2) is 0 Å². The number of quaternary nitrogens is 1. The Balaban J connectivity index is 2.21. The van der Waals surface area contributed by atoms with E-state index in [2.05, 4.69) is 33.1 Å². The molecule has 2 aliphatic carbocycles. The van der Waals surface area contributed by atoms with Crippen LogP contribution >= 0.6 is 0 Å². The lowest BCUT2D eigenvalue weighted by Crippen LogP contribution is -2.77. The van der Waals surface area contributed by atoms with Crippen LogP contribution in [-0.2, 0) is 0 Å². The van der Waals surface area contributed by atoms with Gasteiger partial charge < -0.3 is 5.73 Å². The number of hydrogen-bond donors (Lipinski definition) is 1. The van der Waals surface area contributed by atoms with Crippen LogP contribution in [0, 0.1) is 17.3 Å². The van der Waals surface area contributed by atoms with E-state index in [0.29, 0.717) is 11.0 Å². The van der Waals surface area contributed by atoms with Gasteiger partial charge in [0.15, 0.2) is 0 Å². The van der Waals surface area contributed by atoms with E-state index in [9.17, 15) is 0 Å². The van der Waals surface area contributed by atoms with Gasteiger partial charge in [-0.1, -0.05) is 19.1 Å². The first-order valence-corrected chi connectivity index (χ1v) is 6.86. The first-order chi connectivity index (χ1) is 7.35. The molecule has 0 aromatic heterocycles. The van der Waals surface area contributed by atoms with E-state index in [1.54, 1.807) is 0 Å². The molecule has 2 aliphatic rings. The maximum absolute atomic E-state index is 4.52. The standard InChI is InChI=1S/C15H27N/c1-11(2)12-6-9-14(3)7-5-8-15(4,16)13(14)10-12/h12-13H,1,5-10,16H2,2-4H3/p+1/t12-,13+,14+,15+/m0/s1. The van der Waals surface area contributed by atoms with E-state index in [4.69, 9.17) is 0 Å². The quantitative estimate of drug-likeness (QED) is 0.660. The number of rotatable bonds is 1. The highest BCUT2D eigenvalue weighted by Gasteiger charge is 2.52. The van der Waals surface area contributed by atoms with Crippen LogP contribution in [0.15, 0.2) is 12.2 Å². The van der Waals surface area contributed by atoms with Crippen LogP contribution in [0.4, 0.5) is 0 Å². The van der Waals surface area contributed by atoms with Crippen LogP contribution in [0.25, 0.3) is 0 Å². The highest BCUT2D eigenvalue weighted by Crippen LogP contribution is 2.54. The molecule has 1 heteroatoms. The second-order valence-electron chi connectivity index (χ2n) is 7.03. The molecule has 0 radical (unpaired) electrons. The molecule has 2 fully saturated rings. The maximum atomic E-state index is 4.52. The van der Waals surface area contributed by atoms with Crippen LogP contribution in [0.5, 0.6) is 0 Å². The molecule has 0 amide bonds. The van der Waals surface area contributed by atoms with E-state index in [0.717, 1.165) is 11.8 Å². The van der Waals surface area contributed by atoms with Crippen molar-refractivity contribution in [2.75, 3.05) is 0 Å². The molecule has 2 rings (SSSR count). The average Bonchev–Trinajstić information content (AvgIpc) is 2.15. The summed E-state index contributed by atoms with van der Waals surface area (Å²) < 4.78 is 0. The zero-order valence-corrected chi connectivity index (χ0v) is 11.3. The highest BCUT2D eigenvalue weighted by molar-refractivity contribution is 5.07. The van der Waals surface area contributed by atoms with E-state index in [1.807, 2.05) is 0 Å². The van der Waals surface area contributed by atoms with Gasteiger partial charge in [-0.15, -0.1) is 0 Å². The van der Waals surface area contributed by atoms with Gasteiger partial charge in [-0.2, -0.15) is 0 Å². The fourth-order valence-electron chi connectivity index (χ4n) is 4.31. The molecule has 0 aliphatic heterocycles. The zero-order valence-electron chi connectivity index (χ0n) is 11.3. The van der Waals surface area contributed by atoms with Crippen LogP contribution in [-0.4, -0.2) is 5.54 Å². The second kappa shape index (κ2) is 3.87. The summed E-state index contributed by atoms with van der Waals surface area (Å²) in [4.78, 5) is 0. The third-order valence-corrected chi connectivity index (χ3v) is 5.46. The minimum atomic E-state index is 0.307. The third-order valence-electron chi connectivity index (χ3n) is 5.46. The Morgan fingerprint density at radius 1 is 1.25 bits per heavy atom. The average molecular weight is 222 g/mol. The van der Waals surface area contributed by atoms with Gasteiger partial charge in [0.25, 0.3) is 0 Å². The summed E-state index contributed by atoms with van der Waals surface area (Å²) in [6, 6.07) is 0. The van der Waals surface area contributed by atoms with Crippen molar-refractivity contribution in [1.29, 1.82) is 0 Å². The smallest absolute Gasteiger partial charge is 0.0951 e. The molecule has 0 aromatic rings. The Morgan fingerprint density at radius 3 is 2.56 bits per heavy atom. The Morgan fingerprint density at radius 2 is 1.94 bits per heavy atom. The van der Waals surface area contributed by atoms with E-state index >= 15 is 0 Å². The summed E-state index contributed by atoms with van der Waals surface area (Å²) in [6.45, 7) is 11.3. The molecule has 0 saturated heterocycles. The van der Waals surface area contributed by atoms with Gasteiger partial charge in [0, 0.05) is 12.3 Å². The molecule has 1 nitrogen and oxygen atoms in total. The normalized spacial score (nSPS) is 48.5. The van der Waals surface area contributed by atoms with Gasteiger partial charge in [-0.05, 0) is 57.3 Å². The molecule has 0 unspecified atom stereocenters. The Kier molecular flexibility index (Phi) is 2.94. The first kappa shape index (κ1) is 12.2.